The minimum atomic E-state index is -1.14. The zero-order valence-corrected chi connectivity index (χ0v) is 15.8. The van der Waals surface area contributed by atoms with Crippen LogP contribution in [0, 0.1) is 0 Å². The first kappa shape index (κ1) is 21.6. The lowest BCUT2D eigenvalue weighted by molar-refractivity contribution is -0.141. The first-order chi connectivity index (χ1) is 13.9. The fraction of sp³-hybridized carbons (Fsp3) is 0.316. The number of nitrogens with one attached hydrogen (secondary N) is 2. The van der Waals surface area contributed by atoms with Crippen molar-refractivity contribution < 1.29 is 33.4 Å². The molecule has 0 bridgehead atoms. The van der Waals surface area contributed by atoms with Gasteiger partial charge in [0.1, 0.15) is 19.2 Å². The number of methoxy groups -OCH3 is 1. The average molecular weight is 403 g/mol. The molecule has 1 unspecified atom stereocenters. The first-order valence-electron chi connectivity index (χ1n) is 8.76. The van der Waals surface area contributed by atoms with Gasteiger partial charge in [0.25, 0.3) is 11.8 Å². The number of ether oxygens (including phenoxy) is 2. The Kier molecular flexibility index (Phi) is 7.89. The van der Waals surface area contributed by atoms with Crippen molar-refractivity contribution in [2.45, 2.75) is 19.1 Å². The van der Waals surface area contributed by atoms with Crippen molar-refractivity contribution in [2.24, 2.45) is 0 Å². The van der Waals surface area contributed by atoms with Gasteiger partial charge in [0.15, 0.2) is 0 Å². The van der Waals surface area contributed by atoms with E-state index in [0.717, 1.165) is 22.6 Å². The van der Waals surface area contributed by atoms with Crippen LogP contribution in [-0.2, 0) is 35.3 Å². The summed E-state index contributed by atoms with van der Waals surface area (Å²) in [5.41, 5.74) is 0.758. The molecule has 0 aliphatic carbocycles. The van der Waals surface area contributed by atoms with Crippen molar-refractivity contribution in [3.8, 4) is 0 Å². The third-order valence-corrected chi connectivity index (χ3v) is 4.00. The Hall–Kier alpha value is -3.69. The minimum Gasteiger partial charge on any atom is -0.468 e. The van der Waals surface area contributed by atoms with Gasteiger partial charge in [-0.25, -0.2) is 4.79 Å². The van der Waals surface area contributed by atoms with E-state index in [4.69, 9.17) is 4.74 Å². The summed E-state index contributed by atoms with van der Waals surface area (Å²) in [6, 6.07) is 7.80. The molecule has 2 N–H and O–H groups in total. The van der Waals surface area contributed by atoms with Gasteiger partial charge in [-0.1, -0.05) is 30.3 Å². The summed E-state index contributed by atoms with van der Waals surface area (Å²) in [6.07, 6.45) is 1.32. The number of esters is 1. The standard InChI is InChI=1S/C19H21N3O7/c1-28-17(25)11-20-18(26)14(9-10-22-15(23)7-8-16(22)24)21-19(27)29-12-13-5-3-2-4-6-13/h2-8,14H,9-12H2,1H3,(H,20,26)(H,21,27). The molecule has 0 spiro atoms. The number of imide groups is 1. The molecule has 10 heteroatoms. The maximum Gasteiger partial charge on any atom is 0.408 e. The molecular formula is C19H21N3O7. The number of benzene rings is 1. The van der Waals surface area contributed by atoms with Crippen molar-refractivity contribution in [1.29, 1.82) is 0 Å². The van der Waals surface area contributed by atoms with Gasteiger partial charge in [-0.2, -0.15) is 0 Å². The molecule has 1 aliphatic heterocycles. The van der Waals surface area contributed by atoms with Crippen LogP contribution in [-0.4, -0.2) is 60.9 Å². The second-order valence-corrected chi connectivity index (χ2v) is 6.00. The fourth-order valence-electron chi connectivity index (χ4n) is 2.44. The molecule has 29 heavy (non-hydrogen) atoms. The highest BCUT2D eigenvalue weighted by Gasteiger charge is 2.27. The molecule has 2 rings (SSSR count). The zero-order valence-electron chi connectivity index (χ0n) is 15.8. The molecule has 1 atom stereocenters. The Morgan fingerprint density at radius 1 is 1.07 bits per heavy atom. The van der Waals surface area contributed by atoms with Crippen LogP contribution in [0.4, 0.5) is 4.79 Å². The third kappa shape index (κ3) is 6.76. The van der Waals surface area contributed by atoms with Crippen molar-refractivity contribution in [3.63, 3.8) is 0 Å². The van der Waals surface area contributed by atoms with Crippen LogP contribution >= 0.6 is 0 Å². The van der Waals surface area contributed by atoms with Crippen LogP contribution in [0.5, 0.6) is 0 Å². The van der Waals surface area contributed by atoms with Gasteiger partial charge in [0, 0.05) is 18.7 Å². The number of alkyl carbamates (subject to hydrolysis) is 1. The topological polar surface area (TPSA) is 131 Å². The normalized spacial score (nSPS) is 13.8. The highest BCUT2D eigenvalue weighted by Crippen LogP contribution is 2.07. The molecule has 0 aromatic heterocycles. The lowest BCUT2D eigenvalue weighted by Gasteiger charge is -2.21. The highest BCUT2D eigenvalue weighted by atomic mass is 16.5. The molecule has 10 nitrogen and oxygen atoms in total. The Morgan fingerprint density at radius 2 is 1.72 bits per heavy atom. The van der Waals surface area contributed by atoms with Crippen LogP contribution in [0.2, 0.25) is 0 Å². The van der Waals surface area contributed by atoms with Gasteiger partial charge in [-0.3, -0.25) is 24.1 Å². The summed E-state index contributed by atoms with van der Waals surface area (Å²) in [5, 5.41) is 4.71. The second-order valence-electron chi connectivity index (χ2n) is 6.00. The number of hydrogen-bond donors (Lipinski definition) is 2. The lowest BCUT2D eigenvalue weighted by atomic mass is 10.2. The lowest BCUT2D eigenvalue weighted by Crippen LogP contribution is -2.49. The largest absolute Gasteiger partial charge is 0.468 e. The van der Waals surface area contributed by atoms with Crippen molar-refractivity contribution in [1.82, 2.24) is 15.5 Å². The summed E-state index contributed by atoms with van der Waals surface area (Å²) >= 11 is 0. The van der Waals surface area contributed by atoms with E-state index in [1.807, 2.05) is 6.07 Å². The molecular weight excluding hydrogens is 382 g/mol. The van der Waals surface area contributed by atoms with Gasteiger partial charge in [0.2, 0.25) is 5.91 Å². The number of rotatable bonds is 9. The summed E-state index contributed by atoms with van der Waals surface area (Å²) < 4.78 is 9.53. The van der Waals surface area contributed by atoms with E-state index in [0.29, 0.717) is 0 Å². The van der Waals surface area contributed by atoms with E-state index in [1.54, 1.807) is 24.3 Å². The third-order valence-electron chi connectivity index (χ3n) is 4.00. The van der Waals surface area contributed by atoms with E-state index in [1.165, 1.54) is 7.11 Å². The van der Waals surface area contributed by atoms with Crippen LogP contribution in [0.1, 0.15) is 12.0 Å². The summed E-state index contributed by atoms with van der Waals surface area (Å²) in [5.74, 6) is -2.36. The zero-order chi connectivity index (χ0) is 21.2. The van der Waals surface area contributed by atoms with Crippen LogP contribution in [0.15, 0.2) is 42.5 Å². The summed E-state index contributed by atoms with van der Waals surface area (Å²) in [7, 11) is 1.17. The molecule has 0 fully saturated rings. The first-order valence-corrected chi connectivity index (χ1v) is 8.76. The monoisotopic (exact) mass is 403 g/mol. The highest BCUT2D eigenvalue weighted by molar-refractivity contribution is 6.12. The Labute approximate surface area is 166 Å². The number of hydrogen-bond acceptors (Lipinski definition) is 7. The molecule has 1 aromatic carbocycles. The average Bonchev–Trinajstić information content (AvgIpc) is 3.05. The molecule has 0 saturated carbocycles. The van der Waals surface area contributed by atoms with Gasteiger partial charge in [0.05, 0.1) is 7.11 Å². The molecule has 1 aliphatic rings. The smallest absolute Gasteiger partial charge is 0.408 e. The quantitative estimate of drug-likeness (QED) is 0.434. The number of amides is 4. The van der Waals surface area contributed by atoms with E-state index in [2.05, 4.69) is 15.4 Å². The molecule has 1 heterocycles. The van der Waals surface area contributed by atoms with E-state index >= 15 is 0 Å². The van der Waals surface area contributed by atoms with Crippen molar-refractivity contribution in [3.05, 3.63) is 48.0 Å². The Morgan fingerprint density at radius 3 is 2.34 bits per heavy atom. The van der Waals surface area contributed by atoms with Crippen LogP contribution in [0.25, 0.3) is 0 Å². The van der Waals surface area contributed by atoms with E-state index in [9.17, 15) is 24.0 Å². The van der Waals surface area contributed by atoms with E-state index in [-0.39, 0.29) is 19.6 Å². The number of carbonyl (C=O) groups excluding carboxylic acids is 5. The maximum absolute atomic E-state index is 12.3. The van der Waals surface area contributed by atoms with E-state index < -0.39 is 42.4 Å². The molecule has 4 amide bonds. The van der Waals surface area contributed by atoms with Crippen molar-refractivity contribution in [2.75, 3.05) is 20.2 Å². The molecule has 1 aromatic rings. The summed E-state index contributed by atoms with van der Waals surface area (Å²) in [4.78, 5) is 59.9. The molecule has 0 radical (unpaired) electrons. The van der Waals surface area contributed by atoms with Crippen LogP contribution < -0.4 is 10.6 Å². The SMILES string of the molecule is COC(=O)CNC(=O)C(CCN1C(=O)C=CC1=O)NC(=O)OCc1ccccc1. The summed E-state index contributed by atoms with van der Waals surface area (Å²) in [6.45, 7) is -0.494. The van der Waals surface area contributed by atoms with Gasteiger partial charge >= 0.3 is 12.1 Å². The van der Waals surface area contributed by atoms with Gasteiger partial charge in [-0.15, -0.1) is 0 Å². The Bertz CT molecular complexity index is 789. The number of nitrogens with zero attached hydrogens (tertiary/aromatic N) is 1. The second kappa shape index (κ2) is 10.6. The molecule has 154 valence electrons. The maximum atomic E-state index is 12.3. The fourth-order valence-corrected chi connectivity index (χ4v) is 2.44. The number of carbonyl (C=O) groups is 5. The Balaban J connectivity index is 1.94. The van der Waals surface area contributed by atoms with Gasteiger partial charge < -0.3 is 20.1 Å². The minimum absolute atomic E-state index is 0.00378. The van der Waals surface area contributed by atoms with Crippen molar-refractivity contribution >= 4 is 29.8 Å². The molecule has 0 saturated heterocycles. The predicted octanol–water partition coefficient (Wildman–Crippen LogP) is -0.114. The predicted molar refractivity (Wildman–Crippen MR) is 99.1 cm³/mol. The van der Waals surface area contributed by atoms with Gasteiger partial charge in [-0.05, 0) is 12.0 Å². The van der Waals surface area contributed by atoms with Crippen LogP contribution in [0.3, 0.4) is 0 Å².